The Morgan fingerprint density at radius 2 is 1.26 bits per heavy atom. The summed E-state index contributed by atoms with van der Waals surface area (Å²) in [6, 6.07) is 25.8. The zero-order valence-electron chi connectivity index (χ0n) is 30.0. The molecule has 0 amide bonds. The van der Waals surface area contributed by atoms with Gasteiger partial charge in [0, 0.05) is 12.2 Å². The molecule has 12 heteroatoms. The highest BCUT2D eigenvalue weighted by molar-refractivity contribution is 5.92. The van der Waals surface area contributed by atoms with Crippen molar-refractivity contribution in [1.82, 2.24) is 0 Å². The fraction of sp³-hybridized carbons (Fsp3) is 0.214. The number of benzene rings is 4. The molecule has 0 bridgehead atoms. The van der Waals surface area contributed by atoms with Crippen LogP contribution < -0.4 is 23.8 Å². The van der Waals surface area contributed by atoms with Crippen molar-refractivity contribution < 1.29 is 47.8 Å². The highest BCUT2D eigenvalue weighted by Gasteiger charge is 2.14. The monoisotopic (exact) mass is 734 g/mol. The lowest BCUT2D eigenvalue weighted by molar-refractivity contribution is -0.217. The third kappa shape index (κ3) is 14.2. The summed E-state index contributed by atoms with van der Waals surface area (Å²) in [4.78, 5) is 45.9. The van der Waals surface area contributed by atoms with Gasteiger partial charge in [-0.3, -0.25) is 0 Å². The largest absolute Gasteiger partial charge is 0.494 e. The summed E-state index contributed by atoms with van der Waals surface area (Å²) in [5, 5.41) is 8.25. The van der Waals surface area contributed by atoms with Gasteiger partial charge in [-0.15, -0.1) is 0 Å². The van der Waals surface area contributed by atoms with Gasteiger partial charge in [0.05, 0.1) is 37.8 Å². The van der Waals surface area contributed by atoms with E-state index < -0.39 is 17.9 Å². The molecule has 0 N–H and O–H groups in total. The van der Waals surface area contributed by atoms with Gasteiger partial charge in [0.1, 0.15) is 18.1 Å². The van der Waals surface area contributed by atoms with Gasteiger partial charge in [-0.2, -0.15) is 15.1 Å². The Morgan fingerprint density at radius 1 is 0.630 bits per heavy atom. The van der Waals surface area contributed by atoms with Crippen molar-refractivity contribution >= 4 is 30.3 Å². The van der Waals surface area contributed by atoms with Crippen LogP contribution >= 0.6 is 0 Å². The van der Waals surface area contributed by atoms with Gasteiger partial charge in [0.15, 0.2) is 17.2 Å². The molecule has 4 rings (SSSR count). The number of carbonyl (C=O) groups excluding carboxylic acids is 3. The average molecular weight is 735 g/mol. The SMILES string of the molecule is C=CC(=O)OCCCCCCOc1ccc(C(=O)Oc2ccc(C=NN=Cc3ccc(OOCc4ccc(OC(=O)C=C)cc4)cc3)cc2OCC)cc1. The second-order valence-corrected chi connectivity index (χ2v) is 11.4. The van der Waals surface area contributed by atoms with E-state index in [1.165, 1.54) is 0 Å². The van der Waals surface area contributed by atoms with E-state index in [-0.39, 0.29) is 12.4 Å². The third-order valence-electron chi connectivity index (χ3n) is 7.33. The molecule has 0 radical (unpaired) electrons. The molecule has 12 nitrogen and oxygen atoms in total. The lowest BCUT2D eigenvalue weighted by atomic mass is 10.2. The predicted octanol–water partition coefficient (Wildman–Crippen LogP) is 8.03. The minimum absolute atomic E-state index is 0.190. The van der Waals surface area contributed by atoms with Crippen LogP contribution in [0, 0.1) is 0 Å². The first-order valence-corrected chi connectivity index (χ1v) is 17.3. The summed E-state index contributed by atoms with van der Waals surface area (Å²) in [5.74, 6) is 0.762. The van der Waals surface area contributed by atoms with E-state index in [0.717, 1.165) is 49.0 Å². The summed E-state index contributed by atoms with van der Waals surface area (Å²) in [6.45, 7) is 10.1. The Labute approximate surface area is 314 Å². The molecule has 4 aromatic rings. The molecule has 0 heterocycles. The Bertz CT molecular complexity index is 1890. The molecule has 0 spiro atoms. The number of ether oxygens (including phenoxy) is 5. The first-order chi connectivity index (χ1) is 26.4. The molecule has 0 saturated heterocycles. The molecule has 0 unspecified atom stereocenters. The number of hydrogen-bond donors (Lipinski definition) is 0. The molecule has 0 aromatic heterocycles. The number of nitrogens with zero attached hydrogens (tertiary/aromatic N) is 2. The van der Waals surface area contributed by atoms with Crippen LogP contribution in [0.4, 0.5) is 0 Å². The van der Waals surface area contributed by atoms with Crippen LogP contribution in [0.1, 0.15) is 59.7 Å². The highest BCUT2D eigenvalue weighted by Crippen LogP contribution is 2.29. The van der Waals surface area contributed by atoms with E-state index in [2.05, 4.69) is 23.4 Å². The van der Waals surface area contributed by atoms with Crippen molar-refractivity contribution in [2.45, 2.75) is 39.2 Å². The van der Waals surface area contributed by atoms with Crippen LogP contribution in [0.25, 0.3) is 0 Å². The Balaban J connectivity index is 1.19. The summed E-state index contributed by atoms with van der Waals surface area (Å²) >= 11 is 0. The van der Waals surface area contributed by atoms with Crippen molar-refractivity contribution in [1.29, 1.82) is 0 Å². The quantitative estimate of drug-likeness (QED) is 0.0148. The summed E-state index contributed by atoms with van der Waals surface area (Å²) in [7, 11) is 0. The number of esters is 3. The van der Waals surface area contributed by atoms with Gasteiger partial charge in [-0.25, -0.2) is 14.4 Å². The normalized spacial score (nSPS) is 10.8. The van der Waals surface area contributed by atoms with E-state index >= 15 is 0 Å². The molecule has 0 aliphatic carbocycles. The van der Waals surface area contributed by atoms with Gasteiger partial charge < -0.3 is 28.6 Å². The molecular formula is C42H42N2O10. The van der Waals surface area contributed by atoms with E-state index in [0.29, 0.717) is 53.9 Å². The number of rotatable bonds is 22. The standard InChI is InChI=1S/C42H42N2O10/c1-4-40(45)50-26-10-8-7-9-25-49-35-22-16-34(17-23-35)42(47)53-38-24-15-33(27-39(38)48-6-3)29-44-43-28-31-11-20-37(21-12-31)54-51-30-32-13-18-36(19-14-32)52-41(46)5-2/h4-5,11-24,27-29H,1-2,6-10,25-26,30H2,3H3. The first kappa shape index (κ1) is 40.2. The fourth-order valence-electron chi connectivity index (χ4n) is 4.57. The smallest absolute Gasteiger partial charge is 0.343 e. The molecule has 280 valence electrons. The summed E-state index contributed by atoms with van der Waals surface area (Å²) < 4.78 is 27.2. The maximum absolute atomic E-state index is 12.9. The van der Waals surface area contributed by atoms with Gasteiger partial charge in [0.25, 0.3) is 0 Å². The lowest BCUT2D eigenvalue weighted by Gasteiger charge is -2.12. The highest BCUT2D eigenvalue weighted by atomic mass is 17.2. The van der Waals surface area contributed by atoms with Crippen molar-refractivity contribution in [3.8, 4) is 28.7 Å². The maximum atomic E-state index is 12.9. The fourth-order valence-corrected chi connectivity index (χ4v) is 4.57. The first-order valence-electron chi connectivity index (χ1n) is 17.3. The molecule has 0 fully saturated rings. The summed E-state index contributed by atoms with van der Waals surface area (Å²) in [5.41, 5.74) is 2.68. The van der Waals surface area contributed by atoms with Crippen molar-refractivity contribution in [2.24, 2.45) is 10.2 Å². The minimum atomic E-state index is -0.534. The number of carbonyl (C=O) groups is 3. The van der Waals surface area contributed by atoms with E-state index in [9.17, 15) is 14.4 Å². The van der Waals surface area contributed by atoms with Crippen LogP contribution in [0.3, 0.4) is 0 Å². The van der Waals surface area contributed by atoms with Gasteiger partial charge in [-0.05, 0) is 128 Å². The van der Waals surface area contributed by atoms with Crippen LogP contribution in [0.15, 0.2) is 127 Å². The Kier molecular flexibility index (Phi) is 16.7. The van der Waals surface area contributed by atoms with Gasteiger partial charge in [-0.1, -0.05) is 25.3 Å². The lowest BCUT2D eigenvalue weighted by Crippen LogP contribution is -2.10. The molecule has 0 saturated carbocycles. The molecular weight excluding hydrogens is 692 g/mol. The Morgan fingerprint density at radius 3 is 1.94 bits per heavy atom. The van der Waals surface area contributed by atoms with Crippen LogP contribution in [-0.2, 0) is 25.8 Å². The maximum Gasteiger partial charge on any atom is 0.343 e. The minimum Gasteiger partial charge on any atom is -0.494 e. The Hall–Kier alpha value is -6.53. The predicted molar refractivity (Wildman–Crippen MR) is 203 cm³/mol. The topological polar surface area (TPSA) is 141 Å². The molecule has 4 aromatic carbocycles. The van der Waals surface area contributed by atoms with E-state index in [1.54, 1.807) is 103 Å². The average Bonchev–Trinajstić information content (AvgIpc) is 3.19. The van der Waals surface area contributed by atoms with Crippen molar-refractivity contribution in [2.75, 3.05) is 19.8 Å². The van der Waals surface area contributed by atoms with Crippen molar-refractivity contribution in [3.05, 3.63) is 139 Å². The van der Waals surface area contributed by atoms with Gasteiger partial charge >= 0.3 is 17.9 Å². The second kappa shape index (κ2) is 22.4. The van der Waals surface area contributed by atoms with Crippen molar-refractivity contribution in [3.63, 3.8) is 0 Å². The number of hydrogen-bond acceptors (Lipinski definition) is 12. The van der Waals surface area contributed by atoms with Crippen LogP contribution in [0.5, 0.6) is 28.7 Å². The molecule has 0 aliphatic rings. The van der Waals surface area contributed by atoms with Crippen LogP contribution in [0.2, 0.25) is 0 Å². The molecule has 0 atom stereocenters. The van der Waals surface area contributed by atoms with Gasteiger partial charge in [0.2, 0.25) is 0 Å². The van der Waals surface area contributed by atoms with E-state index in [1.807, 2.05) is 6.92 Å². The zero-order valence-corrected chi connectivity index (χ0v) is 30.0. The third-order valence-corrected chi connectivity index (χ3v) is 7.33. The van der Waals surface area contributed by atoms with E-state index in [4.69, 9.17) is 33.5 Å². The second-order valence-electron chi connectivity index (χ2n) is 11.4. The number of unbranched alkanes of at least 4 members (excludes halogenated alkanes) is 3. The zero-order chi connectivity index (χ0) is 38.4. The molecule has 54 heavy (non-hydrogen) atoms. The molecule has 0 aliphatic heterocycles. The van der Waals surface area contributed by atoms with Crippen LogP contribution in [-0.4, -0.2) is 50.2 Å². The summed E-state index contributed by atoms with van der Waals surface area (Å²) in [6.07, 6.45) is 8.91.